The fourth-order valence-electron chi connectivity index (χ4n) is 3.58. The van der Waals surface area contributed by atoms with Crippen molar-refractivity contribution in [1.82, 2.24) is 4.57 Å². The number of nitrogens with zero attached hydrogens (tertiary/aromatic N) is 1. The first kappa shape index (κ1) is 24.5. The zero-order valence-corrected chi connectivity index (χ0v) is 19.0. The van der Waals surface area contributed by atoms with Gasteiger partial charge >= 0.3 is 6.18 Å². The lowest BCUT2D eigenvalue weighted by Crippen LogP contribution is -2.16. The Morgan fingerprint density at radius 3 is 2.27 bits per heavy atom. The molecule has 1 heterocycles. The van der Waals surface area contributed by atoms with Crippen molar-refractivity contribution in [1.29, 1.82) is 0 Å². The van der Waals surface area contributed by atoms with Gasteiger partial charge in [-0.3, -0.25) is 4.79 Å². The third-order valence-corrected chi connectivity index (χ3v) is 6.19. The minimum atomic E-state index is -4.61. The van der Waals surface area contributed by atoms with Crippen LogP contribution >= 0.6 is 0 Å². The molecule has 0 spiro atoms. The number of halogens is 3. The summed E-state index contributed by atoms with van der Waals surface area (Å²) < 4.78 is 65.5. The Morgan fingerprint density at radius 2 is 1.73 bits per heavy atom. The number of aliphatic hydroxyl groups is 1. The molecule has 0 saturated heterocycles. The van der Waals surface area contributed by atoms with Crippen LogP contribution in [0.3, 0.4) is 0 Å². The highest BCUT2D eigenvalue weighted by atomic mass is 32.2. The van der Waals surface area contributed by atoms with E-state index in [0.717, 1.165) is 12.3 Å². The minimum absolute atomic E-state index is 0.0311. The van der Waals surface area contributed by atoms with Gasteiger partial charge in [0.25, 0.3) is 5.91 Å². The van der Waals surface area contributed by atoms with Gasteiger partial charge in [-0.05, 0) is 56.3 Å². The number of anilines is 1. The number of rotatable bonds is 6. The van der Waals surface area contributed by atoms with Crippen LogP contribution in [0.25, 0.3) is 5.69 Å². The fraction of sp³-hybridized carbons (Fsp3) is 0.261. The molecule has 6 nitrogen and oxygen atoms in total. The van der Waals surface area contributed by atoms with E-state index >= 15 is 0 Å². The molecule has 0 bridgehead atoms. The lowest BCUT2D eigenvalue weighted by Gasteiger charge is -2.18. The number of aromatic nitrogens is 1. The summed E-state index contributed by atoms with van der Waals surface area (Å²) in [4.78, 5) is 13.0. The SMILES string of the molecule is Cc1c(C(=O)Nc2ccc(S(C)(=O)=O)cc2)cc(C[C@H](C)O)n1-c1ccccc1C(F)(F)F. The number of hydrogen-bond acceptors (Lipinski definition) is 4. The van der Waals surface area contributed by atoms with Crippen molar-refractivity contribution in [3.8, 4) is 5.69 Å². The smallest absolute Gasteiger partial charge is 0.393 e. The van der Waals surface area contributed by atoms with Gasteiger partial charge in [0.1, 0.15) is 0 Å². The molecule has 1 aromatic heterocycles. The summed E-state index contributed by atoms with van der Waals surface area (Å²) in [6.07, 6.45) is -4.37. The normalized spacial score (nSPS) is 13.1. The number of benzene rings is 2. The van der Waals surface area contributed by atoms with Crippen molar-refractivity contribution in [2.45, 2.75) is 37.4 Å². The first-order valence-corrected chi connectivity index (χ1v) is 11.9. The van der Waals surface area contributed by atoms with Crippen LogP contribution in [0.2, 0.25) is 0 Å². The first-order chi connectivity index (χ1) is 15.3. The number of amides is 1. The predicted octanol–water partition coefficient (Wildman–Crippen LogP) is 4.38. The Kier molecular flexibility index (Phi) is 6.71. The van der Waals surface area contributed by atoms with Gasteiger partial charge in [-0.25, -0.2) is 8.42 Å². The molecule has 0 aliphatic heterocycles. The lowest BCUT2D eigenvalue weighted by atomic mass is 10.1. The summed E-state index contributed by atoms with van der Waals surface area (Å²) in [7, 11) is -3.40. The molecule has 2 aromatic carbocycles. The molecule has 1 atom stereocenters. The highest BCUT2D eigenvalue weighted by Crippen LogP contribution is 2.36. The number of sulfone groups is 1. The maximum Gasteiger partial charge on any atom is 0.418 e. The summed E-state index contributed by atoms with van der Waals surface area (Å²) in [6, 6.07) is 12.0. The molecule has 3 aromatic rings. The fourth-order valence-corrected chi connectivity index (χ4v) is 4.21. The van der Waals surface area contributed by atoms with Crippen molar-refractivity contribution in [3.63, 3.8) is 0 Å². The van der Waals surface area contributed by atoms with Crippen molar-refractivity contribution in [2.24, 2.45) is 0 Å². The van der Waals surface area contributed by atoms with Gasteiger partial charge < -0.3 is 15.0 Å². The molecule has 0 aliphatic rings. The van der Waals surface area contributed by atoms with E-state index in [4.69, 9.17) is 0 Å². The summed E-state index contributed by atoms with van der Waals surface area (Å²) in [6.45, 7) is 3.03. The maximum absolute atomic E-state index is 13.6. The van der Waals surface area contributed by atoms with Gasteiger partial charge in [0.2, 0.25) is 0 Å². The largest absolute Gasteiger partial charge is 0.418 e. The average Bonchev–Trinajstić information content (AvgIpc) is 3.02. The Balaban J connectivity index is 2.05. The van der Waals surface area contributed by atoms with Crippen molar-refractivity contribution in [3.05, 3.63) is 77.1 Å². The Bertz CT molecular complexity index is 1280. The number of para-hydroxylation sites is 1. The molecule has 1 amide bonds. The third-order valence-electron chi connectivity index (χ3n) is 5.06. The van der Waals surface area contributed by atoms with E-state index in [0.29, 0.717) is 11.4 Å². The van der Waals surface area contributed by atoms with Gasteiger partial charge in [0.15, 0.2) is 9.84 Å². The van der Waals surface area contributed by atoms with Gasteiger partial charge in [-0.15, -0.1) is 0 Å². The van der Waals surface area contributed by atoms with Gasteiger partial charge in [0.05, 0.1) is 27.8 Å². The molecule has 0 fully saturated rings. The van der Waals surface area contributed by atoms with Crippen LogP contribution in [0.5, 0.6) is 0 Å². The standard InChI is InChI=1S/C23H23F3N2O4S/c1-14(29)12-17-13-19(22(30)27-16-8-10-18(11-9-16)33(3,31)32)15(2)28(17)21-7-5-4-6-20(21)23(24,25)26/h4-11,13-14,29H,12H2,1-3H3,(H,27,30)/t14-/m0/s1. The van der Waals surface area contributed by atoms with E-state index in [1.54, 1.807) is 0 Å². The molecule has 0 saturated carbocycles. The van der Waals surface area contributed by atoms with Gasteiger partial charge in [-0.1, -0.05) is 12.1 Å². The molecule has 0 radical (unpaired) electrons. The van der Waals surface area contributed by atoms with Crippen LogP contribution in [0, 0.1) is 6.92 Å². The van der Waals surface area contributed by atoms with Crippen molar-refractivity contribution < 1.29 is 31.5 Å². The van der Waals surface area contributed by atoms with E-state index in [1.807, 2.05) is 0 Å². The molecule has 3 rings (SSSR count). The maximum atomic E-state index is 13.6. The second-order valence-corrected chi connectivity index (χ2v) is 9.80. The molecule has 0 aliphatic carbocycles. The Hall–Kier alpha value is -3.11. The molecule has 2 N–H and O–H groups in total. The number of carbonyl (C=O) groups excluding carboxylic acids is 1. The van der Waals surface area contributed by atoms with Gasteiger partial charge in [-0.2, -0.15) is 13.2 Å². The van der Waals surface area contributed by atoms with Crippen LogP contribution in [-0.2, 0) is 22.4 Å². The Labute approximate surface area is 189 Å². The van der Waals surface area contributed by atoms with Gasteiger partial charge in [0, 0.05) is 29.8 Å². The average molecular weight is 481 g/mol. The van der Waals surface area contributed by atoms with E-state index in [2.05, 4.69) is 5.32 Å². The number of nitrogens with one attached hydrogen (secondary N) is 1. The summed E-state index contributed by atoms with van der Waals surface area (Å²) in [5.74, 6) is -0.574. The second-order valence-electron chi connectivity index (χ2n) is 7.79. The number of aliphatic hydroxyl groups excluding tert-OH is 1. The van der Waals surface area contributed by atoms with Crippen molar-refractivity contribution in [2.75, 3.05) is 11.6 Å². The second kappa shape index (κ2) is 9.03. The Morgan fingerprint density at radius 1 is 1.12 bits per heavy atom. The van der Waals surface area contributed by atoms with Crippen LogP contribution in [0.15, 0.2) is 59.5 Å². The number of alkyl halides is 3. The van der Waals surface area contributed by atoms with Crippen LogP contribution in [0.4, 0.5) is 18.9 Å². The van der Waals surface area contributed by atoms with E-state index in [-0.39, 0.29) is 28.3 Å². The lowest BCUT2D eigenvalue weighted by molar-refractivity contribution is -0.137. The molecule has 10 heteroatoms. The topological polar surface area (TPSA) is 88.4 Å². The van der Waals surface area contributed by atoms with Crippen molar-refractivity contribution >= 4 is 21.4 Å². The summed E-state index contributed by atoms with van der Waals surface area (Å²) >= 11 is 0. The highest BCUT2D eigenvalue weighted by Gasteiger charge is 2.35. The predicted molar refractivity (Wildman–Crippen MR) is 118 cm³/mol. The third kappa shape index (κ3) is 5.45. The monoisotopic (exact) mass is 480 g/mol. The van der Waals surface area contributed by atoms with E-state index in [1.165, 1.54) is 66.9 Å². The van der Waals surface area contributed by atoms with Crippen LogP contribution in [-0.4, -0.2) is 36.4 Å². The molecule has 33 heavy (non-hydrogen) atoms. The van der Waals surface area contributed by atoms with Crippen LogP contribution < -0.4 is 5.32 Å². The summed E-state index contributed by atoms with van der Waals surface area (Å²) in [5, 5.41) is 12.5. The molecule has 176 valence electrons. The molecular weight excluding hydrogens is 457 g/mol. The van der Waals surface area contributed by atoms with Crippen LogP contribution in [0.1, 0.15) is 34.2 Å². The highest BCUT2D eigenvalue weighted by molar-refractivity contribution is 7.90. The van der Waals surface area contributed by atoms with E-state index < -0.39 is 33.6 Å². The molecule has 0 unspecified atom stereocenters. The summed E-state index contributed by atoms with van der Waals surface area (Å²) in [5.41, 5.74) is 0.0695. The number of carbonyl (C=O) groups is 1. The quantitative estimate of drug-likeness (QED) is 0.548. The number of hydrogen-bond donors (Lipinski definition) is 2. The zero-order chi connectivity index (χ0) is 24.6. The minimum Gasteiger partial charge on any atom is -0.393 e. The molecular formula is C23H23F3N2O4S. The zero-order valence-electron chi connectivity index (χ0n) is 18.1. The van der Waals surface area contributed by atoms with E-state index in [9.17, 15) is 31.5 Å². The first-order valence-electron chi connectivity index (χ1n) is 9.96.